The standard InChI is InChI=1S/C21H19N3O2S2/c25-21(14-23-9-12-28-19-7-2-1-5-16(19)23)24-17(20-8-4-11-27-20)13-15(22-24)18-6-3-10-26-18/h1-8,10-11,17H,9,12-14H2/t17-/m0/s1. The number of rotatable bonds is 4. The zero-order valence-electron chi connectivity index (χ0n) is 15.2. The minimum atomic E-state index is -0.0676. The van der Waals surface area contributed by atoms with Crippen molar-refractivity contribution >= 4 is 40.4 Å². The summed E-state index contributed by atoms with van der Waals surface area (Å²) in [5, 5.41) is 8.37. The van der Waals surface area contributed by atoms with E-state index in [2.05, 4.69) is 28.2 Å². The van der Waals surface area contributed by atoms with E-state index < -0.39 is 0 Å². The van der Waals surface area contributed by atoms with Crippen LogP contribution >= 0.6 is 23.1 Å². The van der Waals surface area contributed by atoms with Crippen LogP contribution in [-0.2, 0) is 4.79 Å². The van der Waals surface area contributed by atoms with Crippen LogP contribution in [-0.4, -0.2) is 35.5 Å². The maximum absolute atomic E-state index is 13.3. The Morgan fingerprint density at radius 2 is 2.11 bits per heavy atom. The molecule has 0 unspecified atom stereocenters. The molecule has 2 aromatic heterocycles. The van der Waals surface area contributed by atoms with Crippen molar-refractivity contribution in [3.63, 3.8) is 0 Å². The Hall–Kier alpha value is -2.51. The van der Waals surface area contributed by atoms with Crippen molar-refractivity contribution in [2.45, 2.75) is 17.4 Å². The predicted molar refractivity (Wildman–Crippen MR) is 113 cm³/mol. The predicted octanol–water partition coefficient (Wildman–Crippen LogP) is 4.63. The molecular weight excluding hydrogens is 390 g/mol. The highest BCUT2D eigenvalue weighted by molar-refractivity contribution is 7.99. The molecule has 142 valence electrons. The normalized spacial score (nSPS) is 18.9. The van der Waals surface area contributed by atoms with Crippen molar-refractivity contribution in [1.82, 2.24) is 5.01 Å². The maximum Gasteiger partial charge on any atom is 0.262 e. The van der Waals surface area contributed by atoms with Gasteiger partial charge in [-0.05, 0) is 35.7 Å². The fraction of sp³-hybridized carbons (Fsp3) is 0.238. The van der Waals surface area contributed by atoms with Gasteiger partial charge in [0.25, 0.3) is 5.91 Å². The van der Waals surface area contributed by atoms with E-state index in [4.69, 9.17) is 4.42 Å². The number of carbonyl (C=O) groups is 1. The van der Waals surface area contributed by atoms with Crippen molar-refractivity contribution in [2.75, 3.05) is 23.7 Å². The van der Waals surface area contributed by atoms with Crippen LogP contribution in [0.1, 0.15) is 23.1 Å². The number of amides is 1. The van der Waals surface area contributed by atoms with Crippen molar-refractivity contribution in [3.05, 3.63) is 70.8 Å². The Kier molecular flexibility index (Phi) is 4.70. The summed E-state index contributed by atoms with van der Waals surface area (Å²) < 4.78 is 5.53. The molecule has 0 spiro atoms. The minimum absolute atomic E-state index is 0.0154. The zero-order valence-corrected chi connectivity index (χ0v) is 16.8. The van der Waals surface area contributed by atoms with Gasteiger partial charge < -0.3 is 9.32 Å². The topological polar surface area (TPSA) is 49.1 Å². The van der Waals surface area contributed by atoms with E-state index in [1.807, 2.05) is 47.5 Å². The second kappa shape index (κ2) is 7.48. The number of benzene rings is 1. The van der Waals surface area contributed by atoms with Crippen LogP contribution in [0.4, 0.5) is 5.69 Å². The molecule has 0 aliphatic carbocycles. The third-order valence-corrected chi connectivity index (χ3v) is 7.01. The molecule has 0 fully saturated rings. The van der Waals surface area contributed by atoms with E-state index in [0.29, 0.717) is 13.0 Å². The molecule has 0 radical (unpaired) electrons. The van der Waals surface area contributed by atoms with Gasteiger partial charge in [0.2, 0.25) is 0 Å². The maximum atomic E-state index is 13.3. The van der Waals surface area contributed by atoms with Crippen LogP contribution in [0.5, 0.6) is 0 Å². The van der Waals surface area contributed by atoms with E-state index in [0.717, 1.165) is 34.3 Å². The Balaban J connectivity index is 1.42. The number of hydrogen-bond donors (Lipinski definition) is 0. The van der Waals surface area contributed by atoms with Crippen molar-refractivity contribution < 1.29 is 9.21 Å². The average Bonchev–Trinajstić information content (AvgIpc) is 3.49. The molecular formula is C21H19N3O2S2. The van der Waals surface area contributed by atoms with E-state index in [-0.39, 0.29) is 11.9 Å². The Morgan fingerprint density at radius 3 is 2.93 bits per heavy atom. The number of nitrogens with zero attached hydrogens (tertiary/aromatic N) is 3. The number of hydrazone groups is 1. The molecule has 28 heavy (non-hydrogen) atoms. The van der Waals surface area contributed by atoms with E-state index in [1.54, 1.807) is 22.6 Å². The quantitative estimate of drug-likeness (QED) is 0.630. The molecule has 0 saturated carbocycles. The largest absolute Gasteiger partial charge is 0.463 e. The molecule has 4 heterocycles. The van der Waals surface area contributed by atoms with Gasteiger partial charge in [0, 0.05) is 28.5 Å². The second-order valence-electron chi connectivity index (χ2n) is 6.74. The Bertz CT molecular complexity index is 999. The number of anilines is 1. The summed E-state index contributed by atoms with van der Waals surface area (Å²) in [5.41, 5.74) is 1.96. The first kappa shape index (κ1) is 17.6. The number of hydrogen-bond acceptors (Lipinski definition) is 6. The first-order valence-electron chi connectivity index (χ1n) is 9.23. The van der Waals surface area contributed by atoms with Crippen LogP contribution in [0.2, 0.25) is 0 Å². The van der Waals surface area contributed by atoms with Gasteiger partial charge >= 0.3 is 0 Å². The molecule has 5 rings (SSSR count). The zero-order chi connectivity index (χ0) is 18.9. The smallest absolute Gasteiger partial charge is 0.262 e. The average molecular weight is 410 g/mol. The molecule has 7 heteroatoms. The van der Waals surface area contributed by atoms with Crippen molar-refractivity contribution in [1.29, 1.82) is 0 Å². The molecule has 5 nitrogen and oxygen atoms in total. The lowest BCUT2D eigenvalue weighted by molar-refractivity contribution is -0.131. The third kappa shape index (κ3) is 3.25. The van der Waals surface area contributed by atoms with Crippen LogP contribution in [0, 0.1) is 0 Å². The molecule has 3 aromatic rings. The number of furan rings is 1. The SMILES string of the molecule is O=C(CN1CCSc2ccccc21)N1N=C(c2ccco2)C[C@H]1c1cccs1. The highest BCUT2D eigenvalue weighted by atomic mass is 32.2. The van der Waals surface area contributed by atoms with Gasteiger partial charge in [0.15, 0.2) is 0 Å². The highest BCUT2D eigenvalue weighted by Crippen LogP contribution is 2.37. The van der Waals surface area contributed by atoms with Crippen molar-refractivity contribution in [3.8, 4) is 0 Å². The van der Waals surface area contributed by atoms with Gasteiger partial charge in [0.05, 0.1) is 24.5 Å². The number of thiophene rings is 1. The van der Waals surface area contributed by atoms with Gasteiger partial charge in [0.1, 0.15) is 11.5 Å². The molecule has 1 amide bonds. The first-order chi connectivity index (χ1) is 13.8. The van der Waals surface area contributed by atoms with E-state index in [1.165, 1.54) is 4.90 Å². The second-order valence-corrected chi connectivity index (χ2v) is 8.85. The lowest BCUT2D eigenvalue weighted by atomic mass is 10.1. The van der Waals surface area contributed by atoms with Gasteiger partial charge in [-0.2, -0.15) is 5.10 Å². The summed E-state index contributed by atoms with van der Waals surface area (Å²) >= 11 is 3.50. The van der Waals surface area contributed by atoms with Crippen LogP contribution < -0.4 is 4.90 Å². The number of carbonyl (C=O) groups excluding carboxylic acids is 1. The summed E-state index contributed by atoms with van der Waals surface area (Å²) in [6, 6.07) is 16.1. The summed E-state index contributed by atoms with van der Waals surface area (Å²) in [5.74, 6) is 1.73. The third-order valence-electron chi connectivity index (χ3n) is 4.99. The van der Waals surface area contributed by atoms with Crippen molar-refractivity contribution in [2.24, 2.45) is 5.10 Å². The molecule has 0 saturated heterocycles. The van der Waals surface area contributed by atoms with Gasteiger partial charge in [-0.3, -0.25) is 4.79 Å². The Labute approximate surface area is 171 Å². The molecule has 2 aliphatic heterocycles. The Morgan fingerprint density at radius 1 is 1.18 bits per heavy atom. The summed E-state index contributed by atoms with van der Waals surface area (Å²) in [7, 11) is 0. The van der Waals surface area contributed by atoms with Crippen LogP contribution in [0.25, 0.3) is 0 Å². The van der Waals surface area contributed by atoms with Crippen LogP contribution in [0.15, 0.2) is 74.6 Å². The number of thioether (sulfide) groups is 1. The summed E-state index contributed by atoms with van der Waals surface area (Å²) in [4.78, 5) is 17.8. The molecule has 2 aliphatic rings. The van der Waals surface area contributed by atoms with Gasteiger partial charge in [-0.15, -0.1) is 23.1 Å². The monoisotopic (exact) mass is 409 g/mol. The van der Waals surface area contributed by atoms with Crippen LogP contribution in [0.3, 0.4) is 0 Å². The summed E-state index contributed by atoms with van der Waals surface area (Å²) in [6.07, 6.45) is 2.32. The van der Waals surface area contributed by atoms with Gasteiger partial charge in [-0.25, -0.2) is 5.01 Å². The highest BCUT2D eigenvalue weighted by Gasteiger charge is 2.35. The minimum Gasteiger partial charge on any atom is -0.463 e. The fourth-order valence-electron chi connectivity index (χ4n) is 3.66. The fourth-order valence-corrected chi connectivity index (χ4v) is 5.52. The first-order valence-corrected chi connectivity index (χ1v) is 11.1. The molecule has 0 bridgehead atoms. The molecule has 1 atom stereocenters. The van der Waals surface area contributed by atoms with Gasteiger partial charge in [-0.1, -0.05) is 18.2 Å². The molecule has 1 aromatic carbocycles. The number of para-hydroxylation sites is 1. The van der Waals surface area contributed by atoms with E-state index >= 15 is 0 Å². The molecule has 0 N–H and O–H groups in total. The number of fused-ring (bicyclic) bond motifs is 1. The van der Waals surface area contributed by atoms with E-state index in [9.17, 15) is 4.79 Å². The lowest BCUT2D eigenvalue weighted by Gasteiger charge is -2.32. The summed E-state index contributed by atoms with van der Waals surface area (Å²) in [6.45, 7) is 1.19. The lowest BCUT2D eigenvalue weighted by Crippen LogP contribution is -2.40.